The first-order valence-electron chi connectivity index (χ1n) is 11.1. The number of hydrogen-bond donors (Lipinski definition) is 3. The van der Waals surface area contributed by atoms with E-state index in [2.05, 4.69) is 38.5 Å². The van der Waals surface area contributed by atoms with Crippen LogP contribution in [0.25, 0.3) is 11.1 Å². The lowest BCUT2D eigenvalue weighted by Gasteiger charge is -2.33. The number of rotatable bonds is 9. The minimum atomic E-state index is -1.03. The number of benzene rings is 2. The summed E-state index contributed by atoms with van der Waals surface area (Å²) >= 11 is 5.75. The highest BCUT2D eigenvalue weighted by Crippen LogP contribution is 2.58. The molecule has 0 fully saturated rings. The van der Waals surface area contributed by atoms with Gasteiger partial charge >= 0.3 is 17.9 Å². The van der Waals surface area contributed by atoms with Crippen molar-refractivity contribution in [3.63, 3.8) is 0 Å². The zero-order chi connectivity index (χ0) is 25.5. The highest BCUT2D eigenvalue weighted by molar-refractivity contribution is 14.1. The van der Waals surface area contributed by atoms with Crippen LogP contribution in [0.3, 0.4) is 0 Å². The molecule has 0 aromatic heterocycles. The van der Waals surface area contributed by atoms with Crippen LogP contribution < -0.4 is 0 Å². The number of aliphatic carboxylic acids is 3. The predicted octanol–water partition coefficient (Wildman–Crippen LogP) is 4.76. The third-order valence-electron chi connectivity index (χ3n) is 6.81. The molecular formula is C25H23BrINO7. The second-order valence-electron chi connectivity index (χ2n) is 8.99. The fourth-order valence-corrected chi connectivity index (χ4v) is 6.58. The van der Waals surface area contributed by atoms with Gasteiger partial charge in [-0.25, -0.2) is 0 Å². The van der Waals surface area contributed by atoms with Crippen LogP contribution in [0.4, 0.5) is 0 Å². The lowest BCUT2D eigenvalue weighted by Crippen LogP contribution is -2.31. The molecule has 1 aliphatic heterocycles. The molecular weight excluding hydrogens is 633 g/mol. The number of hydrogen-bond acceptors (Lipinski definition) is 4. The molecule has 4 rings (SSSR count). The Hall–Kier alpha value is -2.47. The standard InChI is InChI=1S/C25H23BrINO7/c26-15-7-13-11-28(19(29)1-2-20(30)31)12-14-8-16(27)10-18-24(14)23(13)17(9-15)25(18,5-3-21(32)33)6-4-22(34)35/h7-10H,1-6,11-12H2,(H,30,31)(H,32,33)(H,34,35). The fourth-order valence-electron chi connectivity index (χ4n) is 5.39. The molecule has 184 valence electrons. The second-order valence-corrected chi connectivity index (χ2v) is 11.1. The SMILES string of the molecule is O=C(O)CCC(=O)N1Cc2cc(Br)cc3c2-c2c(cc(I)cc2C3(CCC(=O)O)CCC(=O)O)C1. The third kappa shape index (κ3) is 4.95. The van der Waals surface area contributed by atoms with Crippen molar-refractivity contribution < 1.29 is 34.5 Å². The number of carbonyl (C=O) groups is 4. The molecule has 0 saturated heterocycles. The van der Waals surface area contributed by atoms with E-state index < -0.39 is 23.3 Å². The second kappa shape index (κ2) is 9.88. The maximum absolute atomic E-state index is 12.9. The highest BCUT2D eigenvalue weighted by Gasteiger charge is 2.46. The van der Waals surface area contributed by atoms with Gasteiger partial charge in [0.05, 0.1) is 6.42 Å². The van der Waals surface area contributed by atoms with Gasteiger partial charge in [-0.05, 0) is 93.1 Å². The average Bonchev–Trinajstić information content (AvgIpc) is 2.92. The number of carboxylic acids is 3. The zero-order valence-electron chi connectivity index (χ0n) is 18.6. The van der Waals surface area contributed by atoms with Gasteiger partial charge in [0.25, 0.3) is 0 Å². The lowest BCUT2D eigenvalue weighted by molar-refractivity contribution is -0.141. The molecule has 8 nitrogen and oxygen atoms in total. The predicted molar refractivity (Wildman–Crippen MR) is 138 cm³/mol. The smallest absolute Gasteiger partial charge is 0.303 e. The summed E-state index contributed by atoms with van der Waals surface area (Å²) in [7, 11) is 0. The molecule has 1 heterocycles. The summed E-state index contributed by atoms with van der Waals surface area (Å²) in [5.41, 5.74) is 4.62. The van der Waals surface area contributed by atoms with Crippen molar-refractivity contribution >= 4 is 62.3 Å². The molecule has 0 bridgehead atoms. The Morgan fingerprint density at radius 2 is 1.31 bits per heavy atom. The van der Waals surface area contributed by atoms with Gasteiger partial charge in [-0.15, -0.1) is 0 Å². The van der Waals surface area contributed by atoms with Crippen LogP contribution in [-0.4, -0.2) is 44.0 Å². The van der Waals surface area contributed by atoms with E-state index in [0.717, 1.165) is 41.4 Å². The summed E-state index contributed by atoms with van der Waals surface area (Å²) < 4.78 is 1.66. The first-order chi connectivity index (χ1) is 16.5. The molecule has 1 aliphatic carbocycles. The largest absolute Gasteiger partial charge is 0.481 e. The molecule has 0 saturated carbocycles. The summed E-state index contributed by atoms with van der Waals surface area (Å²) in [6.07, 6.45) is -0.0524. The Bertz CT molecular complexity index is 1180. The molecule has 0 radical (unpaired) electrons. The van der Waals surface area contributed by atoms with Crippen molar-refractivity contribution in [1.29, 1.82) is 0 Å². The topological polar surface area (TPSA) is 132 Å². The van der Waals surface area contributed by atoms with E-state index >= 15 is 0 Å². The Kier molecular flexibility index (Phi) is 7.23. The molecule has 2 aromatic rings. The summed E-state index contributed by atoms with van der Waals surface area (Å²) in [5, 5.41) is 28.0. The molecule has 2 aromatic carbocycles. The molecule has 10 heteroatoms. The Morgan fingerprint density at radius 1 is 0.800 bits per heavy atom. The van der Waals surface area contributed by atoms with Gasteiger partial charge in [0.1, 0.15) is 0 Å². The van der Waals surface area contributed by atoms with Crippen molar-refractivity contribution in [3.8, 4) is 11.1 Å². The van der Waals surface area contributed by atoms with Gasteiger partial charge in [-0.2, -0.15) is 0 Å². The number of amides is 1. The molecule has 0 spiro atoms. The van der Waals surface area contributed by atoms with E-state index in [9.17, 15) is 29.4 Å². The van der Waals surface area contributed by atoms with Gasteiger partial charge in [-0.1, -0.05) is 15.9 Å². The van der Waals surface area contributed by atoms with Crippen LogP contribution in [-0.2, 0) is 37.7 Å². The molecule has 35 heavy (non-hydrogen) atoms. The minimum Gasteiger partial charge on any atom is -0.481 e. The van der Waals surface area contributed by atoms with Gasteiger partial charge in [0.15, 0.2) is 0 Å². The van der Waals surface area contributed by atoms with Crippen molar-refractivity contribution in [2.75, 3.05) is 0 Å². The fraction of sp³-hybridized carbons (Fsp3) is 0.360. The van der Waals surface area contributed by atoms with Crippen molar-refractivity contribution in [1.82, 2.24) is 4.90 Å². The Balaban J connectivity index is 1.93. The van der Waals surface area contributed by atoms with Crippen LogP contribution in [0.15, 0.2) is 28.7 Å². The van der Waals surface area contributed by atoms with E-state index in [4.69, 9.17) is 5.11 Å². The summed E-state index contributed by atoms with van der Waals surface area (Å²) in [6, 6.07) is 7.86. The zero-order valence-corrected chi connectivity index (χ0v) is 22.4. The lowest BCUT2D eigenvalue weighted by atomic mass is 9.71. The van der Waals surface area contributed by atoms with Gasteiger partial charge < -0.3 is 20.2 Å². The number of carbonyl (C=O) groups excluding carboxylic acids is 1. The van der Waals surface area contributed by atoms with Crippen molar-refractivity contribution in [2.45, 2.75) is 57.0 Å². The van der Waals surface area contributed by atoms with Crippen LogP contribution in [0.2, 0.25) is 0 Å². The van der Waals surface area contributed by atoms with E-state index in [1.165, 1.54) is 0 Å². The number of halogens is 2. The molecule has 1 amide bonds. The monoisotopic (exact) mass is 655 g/mol. The van der Waals surface area contributed by atoms with Crippen molar-refractivity contribution in [2.24, 2.45) is 0 Å². The normalized spacial score (nSPS) is 14.9. The maximum atomic E-state index is 12.9. The Labute approximate surface area is 223 Å². The first-order valence-corrected chi connectivity index (χ1v) is 13.0. The summed E-state index contributed by atoms with van der Waals surface area (Å²) in [6.45, 7) is 0.566. The van der Waals surface area contributed by atoms with Crippen LogP contribution >= 0.6 is 38.5 Å². The van der Waals surface area contributed by atoms with E-state index in [1.807, 2.05) is 24.3 Å². The molecule has 0 atom stereocenters. The van der Waals surface area contributed by atoms with Crippen LogP contribution in [0.5, 0.6) is 0 Å². The molecule has 3 N–H and O–H groups in total. The summed E-state index contributed by atoms with van der Waals surface area (Å²) in [4.78, 5) is 48.8. The van der Waals surface area contributed by atoms with E-state index in [-0.39, 0.29) is 57.5 Å². The Morgan fingerprint density at radius 3 is 1.86 bits per heavy atom. The number of carboxylic acid groups (broad SMARTS) is 3. The molecule has 2 aliphatic rings. The van der Waals surface area contributed by atoms with E-state index in [0.29, 0.717) is 0 Å². The van der Waals surface area contributed by atoms with Gasteiger partial charge in [-0.3, -0.25) is 19.2 Å². The molecule has 0 unspecified atom stereocenters. The van der Waals surface area contributed by atoms with Crippen molar-refractivity contribution in [3.05, 3.63) is 54.6 Å². The van der Waals surface area contributed by atoms with Crippen LogP contribution in [0.1, 0.15) is 60.8 Å². The number of nitrogens with zero attached hydrogens (tertiary/aromatic N) is 1. The minimum absolute atomic E-state index is 0.0984. The van der Waals surface area contributed by atoms with Gasteiger partial charge in [0.2, 0.25) is 5.91 Å². The first kappa shape index (κ1) is 25.6. The third-order valence-corrected chi connectivity index (χ3v) is 7.89. The summed E-state index contributed by atoms with van der Waals surface area (Å²) in [5.74, 6) is -3.17. The van der Waals surface area contributed by atoms with Gasteiger partial charge in [0, 0.05) is 45.8 Å². The quantitative estimate of drug-likeness (QED) is 0.332. The van der Waals surface area contributed by atoms with Crippen LogP contribution in [0, 0.1) is 3.57 Å². The average molecular weight is 656 g/mol. The maximum Gasteiger partial charge on any atom is 0.303 e. The van der Waals surface area contributed by atoms with E-state index in [1.54, 1.807) is 4.90 Å². The highest BCUT2D eigenvalue weighted by atomic mass is 127.